The maximum atomic E-state index is 14.6. The van der Waals surface area contributed by atoms with Crippen molar-refractivity contribution in [2.24, 2.45) is 9.98 Å². The number of nitrogen functional groups attached to an aromatic ring is 1. The predicted molar refractivity (Wildman–Crippen MR) is 131 cm³/mol. The number of pyridine rings is 1. The van der Waals surface area contributed by atoms with E-state index in [2.05, 4.69) is 49.2 Å². The lowest BCUT2D eigenvalue weighted by Crippen LogP contribution is -2.43. The fourth-order valence-electron chi connectivity index (χ4n) is 3.49. The van der Waals surface area contributed by atoms with Gasteiger partial charge in [0.25, 0.3) is 0 Å². The first-order valence-electron chi connectivity index (χ1n) is 10.6. The van der Waals surface area contributed by atoms with Crippen LogP contribution in [0, 0.1) is 5.82 Å². The number of benzene rings is 1. The van der Waals surface area contributed by atoms with Gasteiger partial charge in [-0.05, 0) is 37.5 Å². The molecule has 0 radical (unpaired) electrons. The van der Waals surface area contributed by atoms with Crippen LogP contribution in [-0.2, 0) is 6.54 Å². The Morgan fingerprint density at radius 2 is 2.03 bits per heavy atom. The first-order valence-corrected chi connectivity index (χ1v) is 10.6. The lowest BCUT2D eigenvalue weighted by molar-refractivity contribution is 0.148. The van der Waals surface area contributed by atoms with E-state index in [1.807, 2.05) is 18.3 Å². The SMILES string of the molecule is C=N/C=C(F)\C(=N/CNc1ccc(CN2CCN(C)CC2)cn1)c1cc(F)c(N)c(NC)c1. The van der Waals surface area contributed by atoms with E-state index in [-0.39, 0.29) is 23.6 Å². The van der Waals surface area contributed by atoms with Crippen LogP contribution in [0.25, 0.3) is 0 Å². The zero-order valence-electron chi connectivity index (χ0n) is 19.0. The van der Waals surface area contributed by atoms with Crippen LogP contribution < -0.4 is 16.4 Å². The molecule has 1 aromatic carbocycles. The highest BCUT2D eigenvalue weighted by atomic mass is 19.1. The van der Waals surface area contributed by atoms with Gasteiger partial charge in [0.2, 0.25) is 0 Å². The van der Waals surface area contributed by atoms with E-state index >= 15 is 0 Å². The lowest BCUT2D eigenvalue weighted by Gasteiger charge is -2.32. The Labute approximate surface area is 192 Å². The number of nitrogens with zero attached hydrogens (tertiary/aromatic N) is 5. The normalized spacial score (nSPS) is 16.0. The largest absolute Gasteiger partial charge is 0.395 e. The fraction of sp³-hybridized carbons (Fsp3) is 0.348. The van der Waals surface area contributed by atoms with Crippen molar-refractivity contribution in [1.29, 1.82) is 0 Å². The van der Waals surface area contributed by atoms with Gasteiger partial charge in [-0.15, -0.1) is 0 Å². The zero-order valence-corrected chi connectivity index (χ0v) is 19.0. The van der Waals surface area contributed by atoms with Gasteiger partial charge in [-0.2, -0.15) is 0 Å². The molecule has 1 aliphatic heterocycles. The van der Waals surface area contributed by atoms with Crippen molar-refractivity contribution in [3.05, 3.63) is 59.4 Å². The van der Waals surface area contributed by atoms with E-state index in [4.69, 9.17) is 5.73 Å². The van der Waals surface area contributed by atoms with Crippen LogP contribution in [0.4, 0.5) is 26.0 Å². The van der Waals surface area contributed by atoms with Crippen LogP contribution in [0.3, 0.4) is 0 Å². The second-order valence-electron chi connectivity index (χ2n) is 7.80. The Balaban J connectivity index is 1.69. The number of piperazine rings is 1. The summed E-state index contributed by atoms with van der Waals surface area (Å²) in [6, 6.07) is 6.53. The molecule has 8 nitrogen and oxygen atoms in total. The van der Waals surface area contributed by atoms with Crippen molar-refractivity contribution in [2.75, 3.05) is 63.3 Å². The molecule has 1 fully saturated rings. The molecule has 1 saturated heterocycles. The molecule has 176 valence electrons. The molecule has 3 rings (SSSR count). The molecule has 1 aromatic heterocycles. The number of allylic oxidation sites excluding steroid dienone is 1. The Morgan fingerprint density at radius 3 is 2.67 bits per heavy atom. The quantitative estimate of drug-likeness (QED) is 0.397. The van der Waals surface area contributed by atoms with E-state index < -0.39 is 11.6 Å². The minimum Gasteiger partial charge on any atom is -0.395 e. The van der Waals surface area contributed by atoms with E-state index in [9.17, 15) is 8.78 Å². The molecular weight excluding hydrogens is 426 g/mol. The van der Waals surface area contributed by atoms with Gasteiger partial charge < -0.3 is 21.3 Å². The summed E-state index contributed by atoms with van der Waals surface area (Å²) in [6.45, 7) is 8.34. The van der Waals surface area contributed by atoms with Gasteiger partial charge in [-0.3, -0.25) is 14.9 Å². The summed E-state index contributed by atoms with van der Waals surface area (Å²) in [5.41, 5.74) is 7.27. The number of anilines is 3. The third kappa shape index (κ3) is 6.56. The van der Waals surface area contributed by atoms with E-state index in [0.29, 0.717) is 11.5 Å². The monoisotopic (exact) mass is 456 g/mol. The summed E-state index contributed by atoms with van der Waals surface area (Å²) in [6.07, 6.45) is 2.75. The third-order valence-corrected chi connectivity index (χ3v) is 5.43. The molecule has 10 heteroatoms. The maximum absolute atomic E-state index is 14.6. The summed E-state index contributed by atoms with van der Waals surface area (Å²) in [7, 11) is 3.73. The fourth-order valence-corrected chi connectivity index (χ4v) is 3.49. The Hall–Kier alpha value is -3.37. The third-order valence-electron chi connectivity index (χ3n) is 5.43. The van der Waals surface area contributed by atoms with Crippen LogP contribution in [0.2, 0.25) is 0 Å². The maximum Gasteiger partial charge on any atom is 0.167 e. The number of nitrogens with two attached hydrogens (primary N) is 1. The van der Waals surface area contributed by atoms with Gasteiger partial charge in [0, 0.05) is 51.5 Å². The number of hydrogen-bond donors (Lipinski definition) is 3. The molecule has 2 aromatic rings. The molecule has 2 heterocycles. The standard InChI is InChI=1S/C23H30F2N8/c1-27-13-19(25)23(17-10-18(24)22(26)20(11-17)28-2)31-15-30-21-5-4-16(12-29-21)14-33-8-6-32(3)7-9-33/h4-5,10-13,28H,1,6-9,14-15,26H2,2-3H3,(H,29,30)/b19-13+,31-23-. The van der Waals surface area contributed by atoms with Crippen molar-refractivity contribution in [2.45, 2.75) is 6.54 Å². The highest BCUT2D eigenvalue weighted by molar-refractivity contribution is 6.12. The van der Waals surface area contributed by atoms with Crippen LogP contribution in [0.15, 0.2) is 52.5 Å². The van der Waals surface area contributed by atoms with Gasteiger partial charge in [0.05, 0.1) is 17.6 Å². The Bertz CT molecular complexity index is 1010. The predicted octanol–water partition coefficient (Wildman–Crippen LogP) is 2.96. The van der Waals surface area contributed by atoms with E-state index in [1.54, 1.807) is 7.05 Å². The summed E-state index contributed by atoms with van der Waals surface area (Å²) in [5.74, 6) is -0.811. The van der Waals surface area contributed by atoms with E-state index in [0.717, 1.165) is 50.6 Å². The molecule has 0 atom stereocenters. The zero-order chi connectivity index (χ0) is 23.8. The molecule has 4 N–H and O–H groups in total. The van der Waals surface area contributed by atoms with Gasteiger partial charge >= 0.3 is 0 Å². The molecule has 0 amide bonds. The highest BCUT2D eigenvalue weighted by Crippen LogP contribution is 2.25. The van der Waals surface area contributed by atoms with Gasteiger partial charge in [-0.25, -0.2) is 13.8 Å². The molecule has 33 heavy (non-hydrogen) atoms. The molecule has 0 bridgehead atoms. The van der Waals surface area contributed by atoms with Crippen molar-refractivity contribution in [3.63, 3.8) is 0 Å². The average molecular weight is 457 g/mol. The van der Waals surface area contributed by atoms with Crippen LogP contribution in [0.5, 0.6) is 0 Å². The molecule has 0 saturated carbocycles. The van der Waals surface area contributed by atoms with Crippen LogP contribution >= 0.6 is 0 Å². The van der Waals surface area contributed by atoms with Crippen molar-refractivity contribution < 1.29 is 8.78 Å². The highest BCUT2D eigenvalue weighted by Gasteiger charge is 2.16. The lowest BCUT2D eigenvalue weighted by atomic mass is 10.1. The Kier molecular flexibility index (Phi) is 8.45. The number of nitrogens with one attached hydrogen (secondary N) is 2. The molecular formula is C23H30F2N8. The summed E-state index contributed by atoms with van der Waals surface area (Å²) in [5, 5.41) is 5.83. The number of likely N-dealkylation sites (N-methyl/N-ethyl adjacent to an activating group) is 1. The second-order valence-corrected chi connectivity index (χ2v) is 7.80. The smallest absolute Gasteiger partial charge is 0.167 e. The molecule has 0 spiro atoms. The van der Waals surface area contributed by atoms with E-state index in [1.165, 1.54) is 6.07 Å². The molecule has 1 aliphatic rings. The topological polar surface area (TPSA) is 94.2 Å². The van der Waals surface area contributed by atoms with Gasteiger partial charge in [0.15, 0.2) is 5.83 Å². The Morgan fingerprint density at radius 1 is 1.27 bits per heavy atom. The average Bonchev–Trinajstić information content (AvgIpc) is 2.81. The second kappa shape index (κ2) is 11.5. The number of hydrogen-bond acceptors (Lipinski definition) is 8. The molecule has 0 unspecified atom stereocenters. The van der Waals surface area contributed by atoms with Crippen molar-refractivity contribution in [1.82, 2.24) is 14.8 Å². The van der Waals surface area contributed by atoms with Crippen molar-refractivity contribution in [3.8, 4) is 0 Å². The number of aromatic nitrogens is 1. The van der Waals surface area contributed by atoms with Crippen LogP contribution in [0.1, 0.15) is 11.1 Å². The van der Waals surface area contributed by atoms with Gasteiger partial charge in [0.1, 0.15) is 24.0 Å². The summed E-state index contributed by atoms with van der Waals surface area (Å²) >= 11 is 0. The summed E-state index contributed by atoms with van der Waals surface area (Å²) in [4.78, 5) is 16.9. The van der Waals surface area contributed by atoms with Gasteiger partial charge in [-0.1, -0.05) is 6.07 Å². The first-order chi connectivity index (χ1) is 15.9. The first kappa shape index (κ1) is 24.3. The number of halogens is 2. The number of aliphatic imine (C=N–C) groups is 2. The van der Waals surface area contributed by atoms with Crippen LogP contribution in [-0.4, -0.2) is 74.2 Å². The van der Waals surface area contributed by atoms with Crippen molar-refractivity contribution >= 4 is 29.6 Å². The number of rotatable bonds is 9. The molecule has 0 aliphatic carbocycles. The minimum atomic E-state index is -0.742. The summed E-state index contributed by atoms with van der Waals surface area (Å²) < 4.78 is 28.8. The minimum absolute atomic E-state index is 0.0272.